The molecule has 8 heteroatoms. The van der Waals surface area contributed by atoms with E-state index in [1.807, 2.05) is 12.1 Å². The first-order valence-electron chi connectivity index (χ1n) is 4.16. The van der Waals surface area contributed by atoms with Gasteiger partial charge in [-0.25, -0.2) is 9.94 Å². The summed E-state index contributed by atoms with van der Waals surface area (Å²) < 4.78 is 5.89. The van der Waals surface area contributed by atoms with E-state index >= 15 is 0 Å². The monoisotopic (exact) mass is 257 g/mol. The second-order valence-corrected chi connectivity index (χ2v) is 3.96. The zero-order valence-corrected chi connectivity index (χ0v) is 9.56. The van der Waals surface area contributed by atoms with Crippen LogP contribution in [0.5, 0.6) is 0 Å². The van der Waals surface area contributed by atoms with Crippen LogP contribution in [0.3, 0.4) is 0 Å². The number of rotatable bonds is 4. The van der Waals surface area contributed by atoms with E-state index in [-0.39, 0.29) is 0 Å². The third-order valence-corrected chi connectivity index (χ3v) is 2.63. The molecule has 1 N–H and O–H groups in total. The van der Waals surface area contributed by atoms with E-state index < -0.39 is 0 Å². The van der Waals surface area contributed by atoms with E-state index in [9.17, 15) is 0 Å². The van der Waals surface area contributed by atoms with Crippen molar-refractivity contribution < 1.29 is 14.6 Å². The van der Waals surface area contributed by atoms with Gasteiger partial charge in [-0.15, -0.1) is 22.1 Å². The zero-order valence-electron chi connectivity index (χ0n) is 7.85. The maximum absolute atomic E-state index is 8.04. The molecule has 0 aliphatic heterocycles. The fraction of sp³-hybridized carbons (Fsp3) is 0. The van der Waals surface area contributed by atoms with Crippen molar-refractivity contribution in [1.29, 1.82) is 0 Å². The number of hydrogen-bond donors (Lipinski definition) is 2. The van der Waals surface area contributed by atoms with Crippen molar-refractivity contribution in [2.75, 3.05) is 0 Å². The lowest BCUT2D eigenvalue weighted by Gasteiger charge is -2.03. The topological polar surface area (TPSA) is 69.4 Å². The highest BCUT2D eigenvalue weighted by atomic mass is 32.2. The van der Waals surface area contributed by atoms with Crippen LogP contribution in [-0.2, 0) is 9.37 Å². The minimum atomic E-state index is 0.626. The van der Waals surface area contributed by atoms with E-state index in [1.165, 1.54) is 6.20 Å². The second-order valence-electron chi connectivity index (χ2n) is 2.73. The Hall–Kier alpha value is -1.06. The van der Waals surface area contributed by atoms with Gasteiger partial charge in [0.05, 0.1) is 23.9 Å². The lowest BCUT2D eigenvalue weighted by atomic mass is 10.3. The number of thiol groups is 1. The molecule has 0 fully saturated rings. The largest absolute Gasteiger partial charge is 0.220 e. The van der Waals surface area contributed by atoms with Crippen LogP contribution in [0.4, 0.5) is 0 Å². The Morgan fingerprint density at radius 1 is 1.44 bits per heavy atom. The summed E-state index contributed by atoms with van der Waals surface area (Å²) in [5.74, 6) is 0. The summed E-state index contributed by atoms with van der Waals surface area (Å²) in [6.45, 7) is 0. The molecule has 16 heavy (non-hydrogen) atoms. The molecule has 0 aliphatic rings. The molecule has 0 radical (unpaired) electrons. The van der Waals surface area contributed by atoms with Crippen molar-refractivity contribution in [2.24, 2.45) is 0 Å². The number of aromatic nitrogens is 3. The molecule has 0 saturated carbocycles. The van der Waals surface area contributed by atoms with Crippen molar-refractivity contribution in [3.63, 3.8) is 0 Å². The van der Waals surface area contributed by atoms with Gasteiger partial charge in [0, 0.05) is 4.90 Å². The van der Waals surface area contributed by atoms with E-state index in [2.05, 4.69) is 32.3 Å². The normalized spacial score (nSPS) is 10.6. The lowest BCUT2D eigenvalue weighted by molar-refractivity contribution is -0.432. The SMILES string of the molecule is OOOSc1cccc(-n2nncc2S)c1. The first-order valence-corrected chi connectivity index (χ1v) is 5.35. The molecule has 0 spiro atoms. The summed E-state index contributed by atoms with van der Waals surface area (Å²) >= 11 is 5.08. The Labute approximate surface area is 101 Å². The molecule has 1 aromatic heterocycles. The van der Waals surface area contributed by atoms with Gasteiger partial charge in [-0.2, -0.15) is 0 Å². The molecule has 1 heterocycles. The number of nitrogens with zero attached hydrogens (tertiary/aromatic N) is 3. The Bertz CT molecular complexity index is 477. The molecule has 2 aromatic rings. The van der Waals surface area contributed by atoms with Crippen molar-refractivity contribution in [3.8, 4) is 5.69 Å². The van der Waals surface area contributed by atoms with Crippen LogP contribution in [0.2, 0.25) is 0 Å². The highest BCUT2D eigenvalue weighted by Crippen LogP contribution is 2.22. The summed E-state index contributed by atoms with van der Waals surface area (Å²) in [6.07, 6.45) is 1.54. The predicted molar refractivity (Wildman–Crippen MR) is 59.3 cm³/mol. The maximum Gasteiger partial charge on any atom is 0.117 e. The van der Waals surface area contributed by atoms with Crippen LogP contribution in [0.15, 0.2) is 40.4 Å². The van der Waals surface area contributed by atoms with Crippen LogP contribution in [0.1, 0.15) is 0 Å². The minimum absolute atomic E-state index is 0.626. The van der Waals surface area contributed by atoms with Gasteiger partial charge >= 0.3 is 0 Å². The van der Waals surface area contributed by atoms with Crippen LogP contribution in [0, 0.1) is 0 Å². The molecule has 0 bridgehead atoms. The average molecular weight is 257 g/mol. The highest BCUT2D eigenvalue weighted by molar-refractivity contribution is 7.94. The fourth-order valence-corrected chi connectivity index (χ4v) is 1.75. The van der Waals surface area contributed by atoms with Gasteiger partial charge in [0.25, 0.3) is 0 Å². The molecular weight excluding hydrogens is 250 g/mol. The first kappa shape index (κ1) is 11.4. The Morgan fingerprint density at radius 2 is 2.31 bits per heavy atom. The van der Waals surface area contributed by atoms with Crippen molar-refractivity contribution in [3.05, 3.63) is 30.5 Å². The molecular formula is C8H7N3O3S2. The van der Waals surface area contributed by atoms with Crippen molar-refractivity contribution in [2.45, 2.75) is 9.92 Å². The Morgan fingerprint density at radius 3 is 3.00 bits per heavy atom. The Kier molecular flexibility index (Phi) is 3.80. The van der Waals surface area contributed by atoms with Crippen molar-refractivity contribution >= 4 is 24.7 Å². The molecule has 0 saturated heterocycles. The molecule has 1 aromatic carbocycles. The lowest BCUT2D eigenvalue weighted by Crippen LogP contribution is -1.97. The molecule has 2 rings (SSSR count). The van der Waals surface area contributed by atoms with Gasteiger partial charge in [-0.1, -0.05) is 16.3 Å². The zero-order chi connectivity index (χ0) is 11.4. The Balaban J connectivity index is 2.26. The summed E-state index contributed by atoms with van der Waals surface area (Å²) in [5.41, 5.74) is 0.786. The first-order chi connectivity index (χ1) is 7.81. The third-order valence-electron chi connectivity index (χ3n) is 1.75. The molecule has 0 atom stereocenters. The third kappa shape index (κ3) is 2.54. The quantitative estimate of drug-likeness (QED) is 0.378. The van der Waals surface area contributed by atoms with E-state index in [0.29, 0.717) is 5.03 Å². The highest BCUT2D eigenvalue weighted by Gasteiger charge is 2.04. The van der Waals surface area contributed by atoms with Crippen LogP contribution < -0.4 is 0 Å². The molecule has 0 unspecified atom stereocenters. The molecule has 0 amide bonds. The van der Waals surface area contributed by atoms with E-state index in [4.69, 9.17) is 5.26 Å². The average Bonchev–Trinajstić information content (AvgIpc) is 2.73. The van der Waals surface area contributed by atoms with Gasteiger partial charge in [-0.3, -0.25) is 0 Å². The van der Waals surface area contributed by atoms with Gasteiger partial charge in [-0.05, 0) is 18.2 Å². The second kappa shape index (κ2) is 5.32. The van der Waals surface area contributed by atoms with Gasteiger partial charge < -0.3 is 0 Å². The minimum Gasteiger partial charge on any atom is -0.220 e. The van der Waals surface area contributed by atoms with E-state index in [0.717, 1.165) is 22.6 Å². The van der Waals surface area contributed by atoms with Crippen LogP contribution in [-0.4, -0.2) is 20.3 Å². The van der Waals surface area contributed by atoms with Gasteiger partial charge in [0.2, 0.25) is 0 Å². The summed E-state index contributed by atoms with van der Waals surface area (Å²) in [7, 11) is 0. The fourth-order valence-electron chi connectivity index (χ4n) is 1.14. The molecule has 0 aliphatic carbocycles. The van der Waals surface area contributed by atoms with E-state index in [1.54, 1.807) is 16.8 Å². The van der Waals surface area contributed by atoms with Crippen LogP contribution >= 0.6 is 24.7 Å². The van der Waals surface area contributed by atoms with Gasteiger partial charge in [0.15, 0.2) is 0 Å². The summed E-state index contributed by atoms with van der Waals surface area (Å²) in [4.78, 5) is 0.745. The standard InChI is InChI=1S/C8H7N3O3S2/c12-13-14-16-7-3-1-2-6(4-7)11-8(15)5-9-10-11/h1-5,12,15H. The maximum atomic E-state index is 8.04. The number of hydrogen-bond acceptors (Lipinski definition) is 7. The summed E-state index contributed by atoms with van der Waals surface area (Å²) in [6, 6.07) is 7.24. The smallest absolute Gasteiger partial charge is 0.117 e. The van der Waals surface area contributed by atoms with Crippen LogP contribution in [0.25, 0.3) is 5.69 Å². The van der Waals surface area contributed by atoms with Crippen molar-refractivity contribution in [1.82, 2.24) is 15.0 Å². The molecule has 6 nitrogen and oxygen atoms in total. The predicted octanol–water partition coefficient (Wildman–Crippen LogP) is 1.98. The van der Waals surface area contributed by atoms with Gasteiger partial charge in [0.1, 0.15) is 5.03 Å². The number of benzene rings is 1. The summed E-state index contributed by atoms with van der Waals surface area (Å²) in [5, 5.41) is 19.8. The molecule has 84 valence electrons.